The van der Waals surface area contributed by atoms with Crippen LogP contribution < -0.4 is 10.2 Å². The first-order valence-electron chi connectivity index (χ1n) is 11.5. The number of nitrogens with zero attached hydrogens (tertiary/aromatic N) is 1. The van der Waals surface area contributed by atoms with E-state index in [0.29, 0.717) is 24.2 Å². The van der Waals surface area contributed by atoms with E-state index in [1.54, 1.807) is 6.07 Å². The average molecular weight is 525 g/mol. The topological polar surface area (TPSA) is 92.8 Å². The van der Waals surface area contributed by atoms with Crippen molar-refractivity contribution in [2.75, 3.05) is 16.8 Å². The van der Waals surface area contributed by atoms with Crippen molar-refractivity contribution in [3.63, 3.8) is 0 Å². The highest BCUT2D eigenvalue weighted by Crippen LogP contribution is 2.43. The third kappa shape index (κ3) is 4.56. The fourth-order valence-corrected chi connectivity index (χ4v) is 5.42. The number of halogens is 2. The Morgan fingerprint density at radius 2 is 1.47 bits per heavy atom. The monoisotopic (exact) mass is 524 g/mol. The summed E-state index contributed by atoms with van der Waals surface area (Å²) in [4.78, 5) is 51.8. The number of amides is 3. The Morgan fingerprint density at radius 1 is 0.861 bits per heavy atom. The molecule has 9 heteroatoms. The van der Waals surface area contributed by atoms with Gasteiger partial charge >= 0.3 is 5.97 Å². The Labute approximate surface area is 217 Å². The zero-order chi connectivity index (χ0) is 25.4. The summed E-state index contributed by atoms with van der Waals surface area (Å²) < 4.78 is 5.15. The SMILES string of the molecule is O=C(COC(=O)c1ccc(N2C(=O)[C@H]3C[C@@H](Cl)[C@@H](Cl)C[C@H]3C2=O)cc1)Nc1cccc2ccccc12. The second kappa shape index (κ2) is 9.91. The summed E-state index contributed by atoms with van der Waals surface area (Å²) in [5.41, 5.74) is 1.18. The number of carbonyl (C=O) groups is 4. The van der Waals surface area contributed by atoms with Crippen LogP contribution in [0.25, 0.3) is 10.8 Å². The molecule has 3 amide bonds. The molecule has 2 aliphatic rings. The highest BCUT2D eigenvalue weighted by atomic mass is 35.5. The predicted octanol–water partition coefficient (Wildman–Crippen LogP) is 4.75. The largest absolute Gasteiger partial charge is 0.452 e. The molecule has 0 bridgehead atoms. The number of alkyl halides is 2. The Kier molecular flexibility index (Phi) is 6.69. The summed E-state index contributed by atoms with van der Waals surface area (Å²) in [6, 6.07) is 19.1. The van der Waals surface area contributed by atoms with Gasteiger partial charge in [-0.15, -0.1) is 23.2 Å². The Morgan fingerprint density at radius 3 is 2.14 bits per heavy atom. The molecule has 0 radical (unpaired) electrons. The van der Waals surface area contributed by atoms with Gasteiger partial charge in [-0.05, 0) is 48.6 Å². The van der Waals surface area contributed by atoms with E-state index in [1.807, 2.05) is 36.4 Å². The lowest BCUT2D eigenvalue weighted by molar-refractivity contribution is -0.122. The average Bonchev–Trinajstić information content (AvgIpc) is 3.12. The summed E-state index contributed by atoms with van der Waals surface area (Å²) in [5, 5.41) is 3.90. The van der Waals surface area contributed by atoms with E-state index in [4.69, 9.17) is 27.9 Å². The van der Waals surface area contributed by atoms with Gasteiger partial charge in [-0.25, -0.2) is 4.79 Å². The minimum atomic E-state index is -0.697. The van der Waals surface area contributed by atoms with E-state index >= 15 is 0 Å². The third-order valence-electron chi connectivity index (χ3n) is 6.67. The zero-order valence-electron chi connectivity index (χ0n) is 19.0. The van der Waals surface area contributed by atoms with E-state index in [1.165, 1.54) is 24.3 Å². The number of esters is 1. The molecule has 1 heterocycles. The van der Waals surface area contributed by atoms with Crippen LogP contribution in [0.1, 0.15) is 23.2 Å². The van der Waals surface area contributed by atoms with Crippen molar-refractivity contribution in [1.82, 2.24) is 0 Å². The van der Waals surface area contributed by atoms with Crippen LogP contribution in [0.5, 0.6) is 0 Å². The molecule has 1 saturated heterocycles. The van der Waals surface area contributed by atoms with Gasteiger partial charge in [-0.3, -0.25) is 19.3 Å². The number of rotatable bonds is 5. The smallest absolute Gasteiger partial charge is 0.338 e. The lowest BCUT2D eigenvalue weighted by Gasteiger charge is -2.28. The van der Waals surface area contributed by atoms with Crippen molar-refractivity contribution in [3.05, 3.63) is 72.3 Å². The molecule has 184 valence electrons. The van der Waals surface area contributed by atoms with Gasteiger partial charge in [0.05, 0.1) is 33.8 Å². The molecule has 1 saturated carbocycles. The van der Waals surface area contributed by atoms with Crippen molar-refractivity contribution in [3.8, 4) is 0 Å². The van der Waals surface area contributed by atoms with E-state index in [9.17, 15) is 19.2 Å². The van der Waals surface area contributed by atoms with Gasteiger partial charge in [0.2, 0.25) is 11.8 Å². The summed E-state index contributed by atoms with van der Waals surface area (Å²) in [5.74, 6) is -2.75. The highest BCUT2D eigenvalue weighted by Gasteiger charge is 2.52. The number of nitrogens with one attached hydrogen (secondary N) is 1. The van der Waals surface area contributed by atoms with E-state index in [-0.39, 0.29) is 28.1 Å². The van der Waals surface area contributed by atoms with Crippen LogP contribution in [-0.2, 0) is 19.1 Å². The van der Waals surface area contributed by atoms with Crippen molar-refractivity contribution in [2.45, 2.75) is 23.6 Å². The predicted molar refractivity (Wildman–Crippen MR) is 137 cm³/mol. The number of fused-ring (bicyclic) bond motifs is 2. The molecule has 1 aliphatic carbocycles. The Bertz CT molecular complexity index is 1330. The molecule has 0 spiro atoms. The summed E-state index contributed by atoms with van der Waals surface area (Å²) in [6.45, 7) is -0.463. The van der Waals surface area contributed by atoms with E-state index in [2.05, 4.69) is 5.32 Å². The van der Waals surface area contributed by atoms with Gasteiger partial charge in [-0.2, -0.15) is 0 Å². The van der Waals surface area contributed by atoms with Crippen molar-refractivity contribution in [1.29, 1.82) is 0 Å². The van der Waals surface area contributed by atoms with Gasteiger partial charge < -0.3 is 10.1 Å². The second-order valence-corrected chi connectivity index (χ2v) is 10.0. The molecule has 1 N–H and O–H groups in total. The minimum absolute atomic E-state index is 0.190. The van der Waals surface area contributed by atoms with Gasteiger partial charge in [-0.1, -0.05) is 36.4 Å². The number of hydrogen-bond acceptors (Lipinski definition) is 5. The number of carbonyl (C=O) groups excluding carboxylic acids is 4. The number of benzene rings is 3. The lowest BCUT2D eigenvalue weighted by atomic mass is 9.80. The summed E-state index contributed by atoms with van der Waals surface area (Å²) in [6.07, 6.45) is 0.708. The van der Waals surface area contributed by atoms with E-state index in [0.717, 1.165) is 15.7 Å². The van der Waals surface area contributed by atoms with Crippen LogP contribution in [0.3, 0.4) is 0 Å². The Hall–Kier alpha value is -3.42. The van der Waals surface area contributed by atoms with Crippen LogP contribution in [0.2, 0.25) is 0 Å². The first-order valence-corrected chi connectivity index (χ1v) is 12.4. The standard InChI is InChI=1S/C27H22Cl2N2O5/c28-21-12-19-20(13-22(21)29)26(34)31(25(19)33)17-10-8-16(9-11-17)27(35)36-14-24(32)30-23-7-3-5-15-4-1-2-6-18(15)23/h1-11,19-22H,12-14H2,(H,30,32)/t19-,20+,21+,22-. The normalized spacial score (nSPS) is 23.4. The number of imide groups is 1. The summed E-state index contributed by atoms with van der Waals surface area (Å²) >= 11 is 12.5. The minimum Gasteiger partial charge on any atom is -0.452 e. The molecular formula is C27H22Cl2N2O5. The van der Waals surface area contributed by atoms with Crippen molar-refractivity contribution >= 4 is 69.0 Å². The Balaban J connectivity index is 1.21. The van der Waals surface area contributed by atoms with Crippen LogP contribution in [0.15, 0.2) is 66.7 Å². The molecule has 3 aromatic rings. The molecule has 0 unspecified atom stereocenters. The van der Waals surface area contributed by atoms with Crippen LogP contribution >= 0.6 is 23.2 Å². The van der Waals surface area contributed by atoms with Gasteiger partial charge in [0.1, 0.15) is 0 Å². The molecule has 4 atom stereocenters. The first-order chi connectivity index (χ1) is 17.3. The van der Waals surface area contributed by atoms with Crippen LogP contribution in [0.4, 0.5) is 11.4 Å². The maximum Gasteiger partial charge on any atom is 0.338 e. The molecule has 0 aromatic heterocycles. The first kappa shape index (κ1) is 24.3. The second-order valence-electron chi connectivity index (χ2n) is 8.93. The van der Waals surface area contributed by atoms with Gasteiger partial charge in [0, 0.05) is 11.1 Å². The number of hydrogen-bond donors (Lipinski definition) is 1. The lowest BCUT2D eigenvalue weighted by Crippen LogP contribution is -2.34. The van der Waals surface area contributed by atoms with E-state index < -0.39 is 30.3 Å². The molecular weight excluding hydrogens is 503 g/mol. The van der Waals surface area contributed by atoms with Crippen LogP contribution in [-0.4, -0.2) is 41.1 Å². The molecule has 3 aromatic carbocycles. The third-order valence-corrected chi connectivity index (χ3v) is 7.76. The van der Waals surface area contributed by atoms with Crippen LogP contribution in [0, 0.1) is 11.8 Å². The molecule has 1 aliphatic heterocycles. The van der Waals surface area contributed by atoms with Crippen molar-refractivity contribution < 1.29 is 23.9 Å². The number of anilines is 2. The van der Waals surface area contributed by atoms with Crippen molar-refractivity contribution in [2.24, 2.45) is 11.8 Å². The molecule has 5 rings (SSSR count). The quantitative estimate of drug-likeness (QED) is 0.295. The molecule has 2 fully saturated rings. The van der Waals surface area contributed by atoms with Gasteiger partial charge in [0.25, 0.3) is 5.91 Å². The number of ether oxygens (including phenoxy) is 1. The zero-order valence-corrected chi connectivity index (χ0v) is 20.5. The molecule has 7 nitrogen and oxygen atoms in total. The fraction of sp³-hybridized carbons (Fsp3) is 0.259. The van der Waals surface area contributed by atoms with Gasteiger partial charge in [0.15, 0.2) is 6.61 Å². The highest BCUT2D eigenvalue weighted by molar-refractivity contribution is 6.31. The maximum absolute atomic E-state index is 12.9. The fourth-order valence-electron chi connectivity index (χ4n) is 4.83. The summed E-state index contributed by atoms with van der Waals surface area (Å²) in [7, 11) is 0. The molecule has 36 heavy (non-hydrogen) atoms. The maximum atomic E-state index is 12.9.